The summed E-state index contributed by atoms with van der Waals surface area (Å²) in [4.78, 5) is 24.1. The van der Waals surface area contributed by atoms with Crippen LogP contribution in [-0.2, 0) is 20.7 Å². The van der Waals surface area contributed by atoms with E-state index in [0.29, 0.717) is 5.56 Å². The third-order valence-electron chi connectivity index (χ3n) is 4.87. The number of fused-ring (bicyclic) bond motifs is 1. The zero-order valence-electron chi connectivity index (χ0n) is 17.0. The largest absolute Gasteiger partial charge is 0.493 e. The Labute approximate surface area is 178 Å². The van der Waals surface area contributed by atoms with E-state index >= 15 is 0 Å². The molecule has 0 fully saturated rings. The second-order valence-electron chi connectivity index (χ2n) is 6.94. The van der Waals surface area contributed by atoms with Gasteiger partial charge >= 0.3 is 12.6 Å². The summed E-state index contributed by atoms with van der Waals surface area (Å²) in [5.74, 6) is -1.09. The molecule has 0 heterocycles. The molecule has 1 atom stereocenters. The highest BCUT2D eigenvalue weighted by molar-refractivity contribution is 5.89. The second kappa shape index (κ2) is 10.6. The van der Waals surface area contributed by atoms with Crippen molar-refractivity contribution in [3.8, 4) is 11.5 Å². The molecule has 2 aromatic carbocycles. The first-order chi connectivity index (χ1) is 15.0. The van der Waals surface area contributed by atoms with Crippen LogP contribution in [0.2, 0.25) is 0 Å². The predicted octanol–water partition coefficient (Wildman–Crippen LogP) is 4.05. The summed E-state index contributed by atoms with van der Waals surface area (Å²) in [6.07, 6.45) is 5.37. The van der Waals surface area contributed by atoms with Gasteiger partial charge < -0.3 is 19.5 Å². The molecule has 31 heavy (non-hydrogen) atoms. The standard InChI is InChI=1S/C23H23F2NO5/c1-29-20-13-15(9-11-19(20)31-23(24)25)10-12-22(28)30-14-21(27)26-18-8-4-6-16-5-2-3-7-17(16)18/h2-3,5,7,9-13,18,23H,4,6,8,14H2,1H3,(H,26,27). The van der Waals surface area contributed by atoms with E-state index in [1.807, 2.05) is 18.2 Å². The molecule has 1 amide bonds. The van der Waals surface area contributed by atoms with Crippen molar-refractivity contribution in [2.45, 2.75) is 31.9 Å². The maximum absolute atomic E-state index is 12.4. The van der Waals surface area contributed by atoms with Gasteiger partial charge in [-0.15, -0.1) is 0 Å². The monoisotopic (exact) mass is 431 g/mol. The fraction of sp³-hybridized carbons (Fsp3) is 0.304. The Morgan fingerprint density at radius 2 is 2.00 bits per heavy atom. The Hall–Kier alpha value is -3.42. The van der Waals surface area contributed by atoms with Gasteiger partial charge in [-0.25, -0.2) is 4.79 Å². The molecule has 0 radical (unpaired) electrons. The summed E-state index contributed by atoms with van der Waals surface area (Å²) in [5.41, 5.74) is 2.83. The van der Waals surface area contributed by atoms with Crippen LogP contribution in [0.3, 0.4) is 0 Å². The molecule has 0 spiro atoms. The normalized spacial score (nSPS) is 15.4. The number of hydrogen-bond donors (Lipinski definition) is 1. The molecular weight excluding hydrogens is 408 g/mol. The highest BCUT2D eigenvalue weighted by Crippen LogP contribution is 2.30. The molecular formula is C23H23F2NO5. The highest BCUT2D eigenvalue weighted by Gasteiger charge is 2.21. The minimum Gasteiger partial charge on any atom is -0.493 e. The molecule has 1 aliphatic rings. The van der Waals surface area contributed by atoms with Gasteiger partial charge in [-0.05, 0) is 54.2 Å². The first kappa shape index (κ1) is 22.3. The molecule has 1 unspecified atom stereocenters. The van der Waals surface area contributed by atoms with Crippen LogP contribution in [0.4, 0.5) is 8.78 Å². The first-order valence-electron chi connectivity index (χ1n) is 9.81. The Morgan fingerprint density at radius 3 is 2.77 bits per heavy atom. The van der Waals surface area contributed by atoms with E-state index < -0.39 is 19.2 Å². The number of ether oxygens (including phenoxy) is 3. The number of amides is 1. The fourth-order valence-electron chi connectivity index (χ4n) is 3.47. The molecule has 164 valence electrons. The van der Waals surface area contributed by atoms with Crippen LogP contribution in [0.1, 0.15) is 35.6 Å². The molecule has 0 aliphatic heterocycles. The zero-order chi connectivity index (χ0) is 22.2. The zero-order valence-corrected chi connectivity index (χ0v) is 17.0. The Kier molecular flexibility index (Phi) is 7.59. The predicted molar refractivity (Wildman–Crippen MR) is 110 cm³/mol. The number of nitrogens with one attached hydrogen (secondary N) is 1. The van der Waals surface area contributed by atoms with Gasteiger partial charge in [0.2, 0.25) is 0 Å². The van der Waals surface area contributed by atoms with E-state index in [1.54, 1.807) is 0 Å². The van der Waals surface area contributed by atoms with Crippen LogP contribution in [0.25, 0.3) is 6.08 Å². The number of halogens is 2. The number of rotatable bonds is 8. The van der Waals surface area contributed by atoms with Crippen LogP contribution < -0.4 is 14.8 Å². The quantitative estimate of drug-likeness (QED) is 0.504. The summed E-state index contributed by atoms with van der Waals surface area (Å²) in [6.45, 7) is -3.37. The van der Waals surface area contributed by atoms with Crippen molar-refractivity contribution in [1.82, 2.24) is 5.32 Å². The number of carbonyl (C=O) groups is 2. The lowest BCUT2D eigenvalue weighted by atomic mass is 9.88. The molecule has 1 aliphatic carbocycles. The second-order valence-corrected chi connectivity index (χ2v) is 6.94. The van der Waals surface area contributed by atoms with Gasteiger partial charge in [0.15, 0.2) is 18.1 Å². The van der Waals surface area contributed by atoms with Gasteiger partial charge in [0.05, 0.1) is 13.2 Å². The Morgan fingerprint density at radius 1 is 1.19 bits per heavy atom. The number of carbonyl (C=O) groups excluding carboxylic acids is 2. The lowest BCUT2D eigenvalue weighted by molar-refractivity contribution is -0.144. The number of alkyl halides is 2. The van der Waals surface area contributed by atoms with E-state index in [4.69, 9.17) is 9.47 Å². The number of aryl methyl sites for hydroxylation is 1. The number of hydrogen-bond acceptors (Lipinski definition) is 5. The van der Waals surface area contributed by atoms with E-state index in [2.05, 4.69) is 16.1 Å². The van der Waals surface area contributed by atoms with Crippen molar-refractivity contribution in [3.05, 3.63) is 65.2 Å². The van der Waals surface area contributed by atoms with Crippen LogP contribution in [-0.4, -0.2) is 32.2 Å². The summed E-state index contributed by atoms with van der Waals surface area (Å²) in [5, 5.41) is 2.91. The third-order valence-corrected chi connectivity index (χ3v) is 4.87. The van der Waals surface area contributed by atoms with Crippen molar-refractivity contribution >= 4 is 18.0 Å². The Balaban J connectivity index is 1.51. The van der Waals surface area contributed by atoms with Gasteiger partial charge in [0, 0.05) is 6.08 Å². The summed E-state index contributed by atoms with van der Waals surface area (Å²) < 4.78 is 39.1. The topological polar surface area (TPSA) is 73.9 Å². The SMILES string of the molecule is COc1cc(C=CC(=O)OCC(=O)NC2CCCc3ccccc32)ccc1OC(F)F. The molecule has 0 bridgehead atoms. The van der Waals surface area contributed by atoms with Gasteiger partial charge in [0.1, 0.15) is 0 Å². The molecule has 0 aromatic heterocycles. The molecule has 1 N–H and O–H groups in total. The Bertz CT molecular complexity index is 961. The lowest BCUT2D eigenvalue weighted by Gasteiger charge is -2.26. The number of benzene rings is 2. The van der Waals surface area contributed by atoms with Crippen LogP contribution in [0.15, 0.2) is 48.5 Å². The molecule has 2 aromatic rings. The minimum atomic E-state index is -2.97. The van der Waals surface area contributed by atoms with Crippen LogP contribution in [0, 0.1) is 0 Å². The average Bonchev–Trinajstić information content (AvgIpc) is 2.77. The van der Waals surface area contributed by atoms with Crippen molar-refractivity contribution in [2.24, 2.45) is 0 Å². The third kappa shape index (κ3) is 6.28. The van der Waals surface area contributed by atoms with Gasteiger partial charge in [-0.1, -0.05) is 30.3 Å². The summed E-state index contributed by atoms with van der Waals surface area (Å²) >= 11 is 0. The molecule has 0 saturated heterocycles. The summed E-state index contributed by atoms with van der Waals surface area (Å²) in [6, 6.07) is 12.1. The molecule has 8 heteroatoms. The lowest BCUT2D eigenvalue weighted by Crippen LogP contribution is -2.34. The highest BCUT2D eigenvalue weighted by atomic mass is 19.3. The fourth-order valence-corrected chi connectivity index (χ4v) is 3.47. The molecule has 0 saturated carbocycles. The van der Waals surface area contributed by atoms with Gasteiger partial charge in [0.25, 0.3) is 5.91 Å². The van der Waals surface area contributed by atoms with Gasteiger partial charge in [-0.3, -0.25) is 4.79 Å². The van der Waals surface area contributed by atoms with Crippen LogP contribution >= 0.6 is 0 Å². The molecule has 3 rings (SSSR count). The van der Waals surface area contributed by atoms with Crippen molar-refractivity contribution in [3.63, 3.8) is 0 Å². The minimum absolute atomic E-state index is 0.0897. The summed E-state index contributed by atoms with van der Waals surface area (Å²) in [7, 11) is 1.32. The maximum atomic E-state index is 12.4. The number of methoxy groups -OCH3 is 1. The number of esters is 1. The van der Waals surface area contributed by atoms with Crippen molar-refractivity contribution in [1.29, 1.82) is 0 Å². The van der Waals surface area contributed by atoms with Gasteiger partial charge in [-0.2, -0.15) is 8.78 Å². The van der Waals surface area contributed by atoms with Crippen LogP contribution in [0.5, 0.6) is 11.5 Å². The van der Waals surface area contributed by atoms with E-state index in [0.717, 1.165) is 30.9 Å². The van der Waals surface area contributed by atoms with E-state index in [1.165, 1.54) is 36.9 Å². The van der Waals surface area contributed by atoms with Crippen molar-refractivity contribution < 1.29 is 32.6 Å². The average molecular weight is 431 g/mol. The van der Waals surface area contributed by atoms with E-state index in [9.17, 15) is 18.4 Å². The molecule has 6 nitrogen and oxygen atoms in total. The van der Waals surface area contributed by atoms with E-state index in [-0.39, 0.29) is 23.4 Å². The van der Waals surface area contributed by atoms with Crippen molar-refractivity contribution in [2.75, 3.05) is 13.7 Å². The maximum Gasteiger partial charge on any atom is 0.387 e. The smallest absolute Gasteiger partial charge is 0.387 e. The first-order valence-corrected chi connectivity index (χ1v) is 9.81.